The summed E-state index contributed by atoms with van der Waals surface area (Å²) in [5.41, 5.74) is 1.35. The summed E-state index contributed by atoms with van der Waals surface area (Å²) in [6.07, 6.45) is 10.6. The van der Waals surface area contributed by atoms with Crippen molar-refractivity contribution in [2.75, 3.05) is 13.2 Å². The molecule has 2 aliphatic rings. The lowest BCUT2D eigenvalue weighted by Gasteiger charge is -2.29. The summed E-state index contributed by atoms with van der Waals surface area (Å²) in [5.74, 6) is 0.209. The quantitative estimate of drug-likeness (QED) is 0.201. The highest BCUT2D eigenvalue weighted by atomic mass is 32.2. The second kappa shape index (κ2) is 12.6. The summed E-state index contributed by atoms with van der Waals surface area (Å²) in [5, 5.41) is 0. The number of thiocarbonyl (C=S) groups is 1. The Balaban J connectivity index is 1.52. The average Bonchev–Trinajstić information content (AvgIpc) is 2.82. The van der Waals surface area contributed by atoms with E-state index in [1.807, 2.05) is 12.1 Å². The Hall–Kier alpha value is -1.60. The number of halogens is 1. The monoisotopic (exact) mass is 480 g/mol. The van der Waals surface area contributed by atoms with Crippen molar-refractivity contribution in [3.63, 3.8) is 0 Å². The number of hydrogen-bond donors (Lipinski definition) is 0. The molecule has 0 spiro atoms. The van der Waals surface area contributed by atoms with E-state index in [1.54, 1.807) is 13.0 Å². The van der Waals surface area contributed by atoms with Gasteiger partial charge in [0.2, 0.25) is 0 Å². The fourth-order valence-electron chi connectivity index (χ4n) is 4.38. The number of carbonyl (C=O) groups excluding carboxylic acids is 1. The molecule has 3 rings (SSSR count). The van der Waals surface area contributed by atoms with Crippen LogP contribution in [-0.4, -0.2) is 27.6 Å². The third-order valence-corrected chi connectivity index (χ3v) is 8.05. The predicted octanol–water partition coefficient (Wildman–Crippen LogP) is 6.68. The normalized spacial score (nSPS) is 19.1. The highest BCUT2D eigenvalue weighted by Gasteiger charge is 2.34. The first-order valence-corrected chi connectivity index (χ1v) is 13.4. The Morgan fingerprint density at radius 2 is 1.78 bits per heavy atom. The van der Waals surface area contributed by atoms with Crippen molar-refractivity contribution in [1.82, 2.24) is 0 Å². The van der Waals surface area contributed by atoms with Crippen molar-refractivity contribution < 1.29 is 22.9 Å². The van der Waals surface area contributed by atoms with Crippen LogP contribution in [0.3, 0.4) is 0 Å². The number of hydrogen-bond acceptors (Lipinski definition) is 5. The zero-order chi connectivity index (χ0) is 22.9. The van der Waals surface area contributed by atoms with Gasteiger partial charge in [0.25, 0.3) is 0 Å². The highest BCUT2D eigenvalue weighted by molar-refractivity contribution is 8.14. The Bertz CT molecular complexity index is 875. The number of benzene rings is 1. The molecule has 0 bridgehead atoms. The molecular formula is C25H33FO4S2. The molecular weight excluding hydrogens is 447 g/mol. The number of fused-ring (bicyclic) bond motifs is 1. The second-order valence-electron chi connectivity index (χ2n) is 8.47. The van der Waals surface area contributed by atoms with Gasteiger partial charge in [-0.1, -0.05) is 57.7 Å². The van der Waals surface area contributed by atoms with E-state index in [-0.39, 0.29) is 16.1 Å². The van der Waals surface area contributed by atoms with Crippen molar-refractivity contribution in [2.24, 2.45) is 5.92 Å². The van der Waals surface area contributed by atoms with Gasteiger partial charge in [-0.15, -0.1) is 0 Å². The third kappa shape index (κ3) is 6.47. The van der Waals surface area contributed by atoms with Gasteiger partial charge in [-0.05, 0) is 49.8 Å². The molecule has 1 aliphatic heterocycles. The minimum atomic E-state index is -1.63. The van der Waals surface area contributed by atoms with E-state index in [9.17, 15) is 9.00 Å². The molecule has 1 aliphatic carbocycles. The van der Waals surface area contributed by atoms with Crippen LogP contribution in [0.15, 0.2) is 28.9 Å². The van der Waals surface area contributed by atoms with E-state index >= 15 is 4.39 Å². The van der Waals surface area contributed by atoms with Crippen molar-refractivity contribution >= 4 is 38.8 Å². The van der Waals surface area contributed by atoms with E-state index in [0.29, 0.717) is 41.4 Å². The Labute approximate surface area is 198 Å². The maximum Gasteiger partial charge on any atom is 0.305 e. The summed E-state index contributed by atoms with van der Waals surface area (Å²) >= 11 is 5.17. The van der Waals surface area contributed by atoms with E-state index in [0.717, 1.165) is 57.8 Å². The van der Waals surface area contributed by atoms with Crippen LogP contribution in [0.2, 0.25) is 0 Å². The topological polar surface area (TPSA) is 52.6 Å². The maximum atomic E-state index is 15.1. The van der Waals surface area contributed by atoms with Crippen LogP contribution in [0.1, 0.15) is 83.1 Å². The summed E-state index contributed by atoms with van der Waals surface area (Å²) < 4.78 is 38.7. The van der Waals surface area contributed by atoms with E-state index in [1.165, 1.54) is 6.42 Å². The Morgan fingerprint density at radius 3 is 2.50 bits per heavy atom. The van der Waals surface area contributed by atoms with Gasteiger partial charge >= 0.3 is 5.97 Å². The number of esters is 1. The molecule has 1 atom stereocenters. The van der Waals surface area contributed by atoms with E-state index < -0.39 is 16.6 Å². The second-order valence-corrected chi connectivity index (χ2v) is 10.5. The van der Waals surface area contributed by atoms with Crippen LogP contribution in [0.25, 0.3) is 5.57 Å². The van der Waals surface area contributed by atoms with Gasteiger partial charge in [-0.25, -0.2) is 8.60 Å². The first kappa shape index (κ1) is 25.0. The minimum Gasteiger partial charge on any atom is -0.494 e. The maximum absolute atomic E-state index is 15.1. The van der Waals surface area contributed by atoms with Gasteiger partial charge in [-0.2, -0.15) is 0 Å². The molecule has 0 saturated heterocycles. The first-order chi connectivity index (χ1) is 15.5. The lowest BCUT2D eigenvalue weighted by molar-refractivity contribution is -0.143. The van der Waals surface area contributed by atoms with Crippen LogP contribution in [0, 0.1) is 5.92 Å². The summed E-state index contributed by atoms with van der Waals surface area (Å²) in [4.78, 5) is 11.7. The van der Waals surface area contributed by atoms with Crippen LogP contribution >= 0.6 is 12.2 Å². The molecule has 0 radical (unpaired) electrons. The van der Waals surface area contributed by atoms with Crippen molar-refractivity contribution in [3.05, 3.63) is 29.6 Å². The van der Waals surface area contributed by atoms with Crippen LogP contribution in [-0.2, 0) is 20.3 Å². The standard InChI is InChI=1S/C25H33FO4S2/c1-2-22(27)30-16-10-5-3-4-9-15-29-19-13-14-21-20(17-19)23(18-11-7-6-8-12-18)24(26)25(31)32(21)28/h13-14,17-18H,2-12,15-16H2,1H3. The summed E-state index contributed by atoms with van der Waals surface area (Å²) in [6, 6.07) is 5.43. The molecule has 1 unspecified atom stereocenters. The lowest BCUT2D eigenvalue weighted by Crippen LogP contribution is -2.20. The largest absolute Gasteiger partial charge is 0.494 e. The molecule has 0 amide bonds. The van der Waals surface area contributed by atoms with E-state index in [2.05, 4.69) is 0 Å². The van der Waals surface area contributed by atoms with Crippen molar-refractivity contribution in [1.29, 1.82) is 0 Å². The van der Waals surface area contributed by atoms with Crippen molar-refractivity contribution in [3.8, 4) is 5.75 Å². The highest BCUT2D eigenvalue weighted by Crippen LogP contribution is 2.44. The fourth-order valence-corrected chi connectivity index (χ4v) is 5.80. The van der Waals surface area contributed by atoms with E-state index in [4.69, 9.17) is 21.7 Å². The zero-order valence-corrected chi connectivity index (χ0v) is 20.5. The molecule has 0 N–H and O–H groups in total. The molecule has 7 heteroatoms. The Morgan fingerprint density at radius 1 is 1.09 bits per heavy atom. The smallest absolute Gasteiger partial charge is 0.305 e. The summed E-state index contributed by atoms with van der Waals surface area (Å²) in [7, 11) is -1.63. The van der Waals surface area contributed by atoms with Crippen molar-refractivity contribution in [2.45, 2.75) is 82.4 Å². The molecule has 32 heavy (non-hydrogen) atoms. The Kier molecular flexibility index (Phi) is 9.85. The molecule has 4 nitrogen and oxygen atoms in total. The van der Waals surface area contributed by atoms with Crippen LogP contribution in [0.5, 0.6) is 5.75 Å². The molecule has 1 heterocycles. The van der Waals surface area contributed by atoms with Gasteiger partial charge in [0.15, 0.2) is 5.83 Å². The molecule has 1 fully saturated rings. The van der Waals surface area contributed by atoms with Gasteiger partial charge < -0.3 is 9.47 Å². The van der Waals surface area contributed by atoms with Crippen LogP contribution < -0.4 is 4.74 Å². The average molecular weight is 481 g/mol. The molecule has 1 saturated carbocycles. The molecule has 176 valence electrons. The molecule has 1 aromatic rings. The van der Waals surface area contributed by atoms with Crippen LogP contribution in [0.4, 0.5) is 4.39 Å². The zero-order valence-electron chi connectivity index (χ0n) is 18.8. The predicted molar refractivity (Wildman–Crippen MR) is 130 cm³/mol. The third-order valence-electron chi connectivity index (χ3n) is 6.15. The number of allylic oxidation sites excluding steroid dienone is 1. The lowest BCUT2D eigenvalue weighted by atomic mass is 9.80. The number of unbranched alkanes of at least 4 members (excludes halogenated alkanes) is 4. The van der Waals surface area contributed by atoms with Gasteiger partial charge in [-0.3, -0.25) is 4.79 Å². The number of rotatable bonds is 11. The van der Waals surface area contributed by atoms with Gasteiger partial charge in [0.1, 0.15) is 9.95 Å². The van der Waals surface area contributed by atoms with Gasteiger partial charge in [0.05, 0.1) is 28.9 Å². The first-order valence-electron chi connectivity index (χ1n) is 11.8. The SMILES string of the molecule is CCC(=O)OCCCCCCCOc1ccc2c(c1)C(C1CCCCC1)=C(F)C(=S)S2=O. The number of ether oxygens (including phenoxy) is 2. The number of carbonyl (C=O) groups is 1. The fraction of sp³-hybridized carbons (Fsp3) is 0.600. The molecule has 1 aromatic carbocycles. The molecule has 0 aromatic heterocycles. The summed E-state index contributed by atoms with van der Waals surface area (Å²) in [6.45, 7) is 2.87. The minimum absolute atomic E-state index is 0.0730. The van der Waals surface area contributed by atoms with Gasteiger partial charge in [0, 0.05) is 17.6 Å².